The molecular formula is C20H15BrF10O3. The van der Waals surface area contributed by atoms with Gasteiger partial charge in [0.2, 0.25) is 0 Å². The zero-order valence-electron chi connectivity index (χ0n) is 17.3. The maximum atomic E-state index is 13.1. The van der Waals surface area contributed by atoms with Crippen LogP contribution in [0.25, 0.3) is 0 Å². The number of rotatable bonds is 5. The van der Waals surface area contributed by atoms with Gasteiger partial charge in [-0.3, -0.25) is 4.79 Å². The van der Waals surface area contributed by atoms with Crippen molar-refractivity contribution < 1.29 is 58.2 Å². The minimum absolute atomic E-state index is 0.0887. The predicted octanol–water partition coefficient (Wildman–Crippen LogP) is 8.36. The van der Waals surface area contributed by atoms with Crippen LogP contribution in [0, 0.1) is 0 Å². The molecular weight excluding hydrogens is 558 g/mol. The normalized spacial score (nSPS) is 12.5. The Kier molecular flexibility index (Phi) is 9.03. The molecule has 0 atom stereocenters. The van der Waals surface area contributed by atoms with Gasteiger partial charge in [-0.15, -0.1) is 26.3 Å². The smallest absolute Gasteiger partial charge is 0.406 e. The van der Waals surface area contributed by atoms with Crippen LogP contribution in [-0.2, 0) is 11.8 Å². The first-order valence-corrected chi connectivity index (χ1v) is 9.61. The van der Waals surface area contributed by atoms with E-state index < -0.39 is 53.0 Å². The van der Waals surface area contributed by atoms with Gasteiger partial charge in [0.1, 0.15) is 11.5 Å². The van der Waals surface area contributed by atoms with E-state index in [0.29, 0.717) is 26.0 Å². The molecule has 0 saturated carbocycles. The lowest BCUT2D eigenvalue weighted by molar-refractivity contribution is -0.275. The number of carbonyl (C=O) groups is 1. The molecule has 0 bridgehead atoms. The summed E-state index contributed by atoms with van der Waals surface area (Å²) in [6.45, 7) is 2.17. The van der Waals surface area contributed by atoms with E-state index >= 15 is 0 Å². The van der Waals surface area contributed by atoms with Gasteiger partial charge in [0.25, 0.3) is 11.8 Å². The number of halogens is 11. The molecule has 0 aliphatic heterocycles. The van der Waals surface area contributed by atoms with Crippen LogP contribution in [0.2, 0.25) is 0 Å². The molecule has 0 amide bonds. The summed E-state index contributed by atoms with van der Waals surface area (Å²) in [6, 6.07) is 4.81. The Labute approximate surface area is 194 Å². The van der Waals surface area contributed by atoms with Gasteiger partial charge in [-0.2, -0.15) is 0 Å². The van der Waals surface area contributed by atoms with Gasteiger partial charge in [-0.05, 0) is 43.3 Å². The zero-order chi connectivity index (χ0) is 26.7. The standard InChI is InChI=1S/C11H9F5O2.C9H6BrF5O/c1-6(17)7-3-8(10(2,12)13)5-9(4-7)18-11(14,15)16;1-8(11,12)5-2-6(10)4-7(3-5)16-9(13,14)15/h3-5H,1-2H3;2-4H,1H3. The Bertz CT molecular complexity index is 1010. The first-order valence-electron chi connectivity index (χ1n) is 8.81. The average Bonchev–Trinajstić information content (AvgIpc) is 2.57. The summed E-state index contributed by atoms with van der Waals surface area (Å²) >= 11 is 2.83. The van der Waals surface area contributed by atoms with Crippen molar-refractivity contribution in [3.05, 3.63) is 57.6 Å². The van der Waals surface area contributed by atoms with Crippen LogP contribution in [0.1, 0.15) is 42.3 Å². The number of hydrogen-bond donors (Lipinski definition) is 0. The first kappa shape index (κ1) is 29.5. The van der Waals surface area contributed by atoms with Crippen LogP contribution < -0.4 is 9.47 Å². The Hall–Kier alpha value is -2.51. The molecule has 0 unspecified atom stereocenters. The Balaban J connectivity index is 0.000000342. The lowest BCUT2D eigenvalue weighted by Gasteiger charge is -2.15. The molecule has 0 aliphatic carbocycles. The van der Waals surface area contributed by atoms with Crippen LogP contribution in [0.4, 0.5) is 43.9 Å². The van der Waals surface area contributed by atoms with Crippen molar-refractivity contribution in [1.82, 2.24) is 0 Å². The summed E-state index contributed by atoms with van der Waals surface area (Å²) in [4.78, 5) is 11.1. The largest absolute Gasteiger partial charge is 0.573 e. The van der Waals surface area contributed by atoms with Gasteiger partial charge in [0.15, 0.2) is 5.78 Å². The monoisotopic (exact) mass is 572 g/mol. The molecule has 0 aliphatic rings. The van der Waals surface area contributed by atoms with Crippen molar-refractivity contribution in [1.29, 1.82) is 0 Å². The Morgan fingerprint density at radius 3 is 1.41 bits per heavy atom. The summed E-state index contributed by atoms with van der Waals surface area (Å²) in [5.41, 5.74) is -1.54. The van der Waals surface area contributed by atoms with Gasteiger partial charge >= 0.3 is 12.7 Å². The number of Topliss-reactive ketones (excluding diaryl/α,β-unsaturated/α-hetero) is 1. The van der Waals surface area contributed by atoms with Gasteiger partial charge in [-0.25, -0.2) is 17.6 Å². The molecule has 14 heteroatoms. The second-order valence-corrected chi connectivity index (χ2v) is 7.77. The van der Waals surface area contributed by atoms with Crippen LogP contribution in [0.5, 0.6) is 11.5 Å². The van der Waals surface area contributed by atoms with E-state index in [1.54, 1.807) is 0 Å². The van der Waals surface area contributed by atoms with E-state index in [2.05, 4.69) is 25.4 Å². The van der Waals surface area contributed by atoms with E-state index in [0.717, 1.165) is 31.2 Å². The molecule has 0 N–H and O–H groups in total. The third-order valence-electron chi connectivity index (χ3n) is 3.67. The van der Waals surface area contributed by atoms with Gasteiger partial charge in [0.05, 0.1) is 0 Å². The molecule has 0 radical (unpaired) electrons. The van der Waals surface area contributed by atoms with E-state index in [1.165, 1.54) is 0 Å². The molecule has 2 aromatic carbocycles. The highest BCUT2D eigenvalue weighted by molar-refractivity contribution is 9.10. The van der Waals surface area contributed by atoms with E-state index in [4.69, 9.17) is 0 Å². The summed E-state index contributed by atoms with van der Waals surface area (Å²) in [6.07, 6.45) is -9.91. The molecule has 0 fully saturated rings. The fraction of sp³-hybridized carbons (Fsp3) is 0.350. The summed E-state index contributed by atoms with van der Waals surface area (Å²) in [5, 5.41) is 0. The van der Waals surface area contributed by atoms with Crippen LogP contribution >= 0.6 is 15.9 Å². The minimum Gasteiger partial charge on any atom is -0.406 e. The number of benzene rings is 2. The number of ether oxygens (including phenoxy) is 2. The van der Waals surface area contributed by atoms with Crippen molar-refractivity contribution in [2.45, 2.75) is 45.3 Å². The third kappa shape index (κ3) is 10.6. The summed E-state index contributed by atoms with van der Waals surface area (Å²) < 4.78 is 131. The molecule has 2 aromatic rings. The zero-order valence-corrected chi connectivity index (χ0v) is 18.9. The summed E-state index contributed by atoms with van der Waals surface area (Å²) in [5.74, 6) is -8.75. The van der Waals surface area contributed by atoms with Crippen molar-refractivity contribution in [3.8, 4) is 11.5 Å². The van der Waals surface area contributed by atoms with E-state index in [-0.39, 0.29) is 10.0 Å². The van der Waals surface area contributed by atoms with Gasteiger partial charge in [-0.1, -0.05) is 15.9 Å². The van der Waals surface area contributed by atoms with Crippen LogP contribution in [-0.4, -0.2) is 18.5 Å². The van der Waals surface area contributed by atoms with Crippen molar-refractivity contribution in [2.24, 2.45) is 0 Å². The SMILES string of the molecule is CC(=O)c1cc(OC(F)(F)F)cc(C(C)(F)F)c1.CC(F)(F)c1cc(Br)cc(OC(F)(F)F)c1. The number of alkyl halides is 10. The number of hydrogen-bond acceptors (Lipinski definition) is 3. The van der Waals surface area contributed by atoms with E-state index in [1.807, 2.05) is 0 Å². The predicted molar refractivity (Wildman–Crippen MR) is 103 cm³/mol. The average molecular weight is 573 g/mol. The fourth-order valence-corrected chi connectivity index (χ4v) is 2.73. The number of ketones is 1. The topological polar surface area (TPSA) is 35.5 Å². The molecule has 3 nitrogen and oxygen atoms in total. The molecule has 0 saturated heterocycles. The van der Waals surface area contributed by atoms with Crippen LogP contribution in [0.3, 0.4) is 0 Å². The maximum absolute atomic E-state index is 13.1. The fourth-order valence-electron chi connectivity index (χ4n) is 2.26. The third-order valence-corrected chi connectivity index (χ3v) is 4.12. The lowest BCUT2D eigenvalue weighted by atomic mass is 10.0. The van der Waals surface area contributed by atoms with Gasteiger partial charge in [0, 0.05) is 35.0 Å². The molecule has 34 heavy (non-hydrogen) atoms. The molecule has 0 aromatic heterocycles. The Morgan fingerprint density at radius 2 is 1.06 bits per heavy atom. The maximum Gasteiger partial charge on any atom is 0.573 e. The second-order valence-electron chi connectivity index (χ2n) is 6.85. The quantitative estimate of drug-likeness (QED) is 0.267. The highest BCUT2D eigenvalue weighted by Gasteiger charge is 2.34. The molecule has 0 heterocycles. The second kappa shape index (κ2) is 10.4. The van der Waals surface area contributed by atoms with Crippen molar-refractivity contribution >= 4 is 21.7 Å². The summed E-state index contributed by atoms with van der Waals surface area (Å²) in [7, 11) is 0. The molecule has 2 rings (SSSR count). The van der Waals surface area contributed by atoms with Crippen molar-refractivity contribution in [3.63, 3.8) is 0 Å². The van der Waals surface area contributed by atoms with Crippen molar-refractivity contribution in [2.75, 3.05) is 0 Å². The Morgan fingerprint density at radius 1 is 0.676 bits per heavy atom. The van der Waals surface area contributed by atoms with Crippen LogP contribution in [0.15, 0.2) is 40.9 Å². The van der Waals surface area contributed by atoms with Gasteiger partial charge < -0.3 is 9.47 Å². The van der Waals surface area contributed by atoms with E-state index in [9.17, 15) is 48.7 Å². The molecule has 0 spiro atoms. The number of carbonyl (C=O) groups excluding carboxylic acids is 1. The molecule has 190 valence electrons. The lowest BCUT2D eigenvalue weighted by Crippen LogP contribution is -2.18. The minimum atomic E-state index is -5.00. The first-order chi connectivity index (χ1) is 15.1. The highest BCUT2D eigenvalue weighted by Crippen LogP contribution is 2.35. The highest BCUT2D eigenvalue weighted by atomic mass is 79.9.